The van der Waals surface area contributed by atoms with Crippen LogP contribution in [-0.4, -0.2) is 32.1 Å². The van der Waals surface area contributed by atoms with Crippen molar-refractivity contribution in [2.75, 3.05) is 6.54 Å². The van der Waals surface area contributed by atoms with Gasteiger partial charge in [-0.05, 0) is 24.1 Å². The number of hydrogen-bond donors (Lipinski definition) is 2. The largest absolute Gasteiger partial charge is 0.506 e. The summed E-state index contributed by atoms with van der Waals surface area (Å²) >= 11 is 0. The average molecular weight is 356 g/mol. The van der Waals surface area contributed by atoms with Crippen molar-refractivity contribution in [1.82, 2.24) is 0 Å². The average Bonchev–Trinajstić information content (AvgIpc) is 2.83. The molecule has 3 N–H and O–H groups in total. The molecule has 0 aliphatic heterocycles. The van der Waals surface area contributed by atoms with Crippen molar-refractivity contribution in [3.63, 3.8) is 0 Å². The Morgan fingerprint density at radius 1 is 1.04 bits per heavy atom. The molecule has 0 saturated carbocycles. The van der Waals surface area contributed by atoms with Crippen LogP contribution < -0.4 is 5.14 Å². The monoisotopic (exact) mass is 356 g/mol. The van der Waals surface area contributed by atoms with Crippen molar-refractivity contribution >= 4 is 27.8 Å². The predicted octanol–water partition coefficient (Wildman–Crippen LogP) is 2.11. The van der Waals surface area contributed by atoms with Gasteiger partial charge in [-0.25, -0.2) is 13.6 Å². The first-order chi connectivity index (χ1) is 11.9. The van der Waals surface area contributed by atoms with E-state index in [9.17, 15) is 18.3 Å². The summed E-state index contributed by atoms with van der Waals surface area (Å²) in [6.45, 7) is 0.398. The highest BCUT2D eigenvalue weighted by atomic mass is 32.2. The molecule has 0 atom stereocenters. The fraction of sp³-hybridized carbons (Fsp3) is 0.111. The van der Waals surface area contributed by atoms with Crippen LogP contribution in [0, 0.1) is 0 Å². The molecule has 2 aromatic rings. The van der Waals surface area contributed by atoms with Crippen LogP contribution in [0.25, 0.3) is 5.76 Å². The summed E-state index contributed by atoms with van der Waals surface area (Å²) in [7, 11) is -3.70. The molecule has 0 aromatic heterocycles. The maximum atomic E-state index is 12.2. The lowest BCUT2D eigenvalue weighted by Crippen LogP contribution is -2.11. The Morgan fingerprint density at radius 3 is 2.28 bits per heavy atom. The molecule has 2 aromatic carbocycles. The van der Waals surface area contributed by atoms with Gasteiger partial charge < -0.3 is 5.11 Å². The third kappa shape index (κ3) is 3.52. The zero-order chi connectivity index (χ0) is 18.0. The van der Waals surface area contributed by atoms with Crippen LogP contribution in [0.3, 0.4) is 0 Å². The molecule has 128 valence electrons. The summed E-state index contributed by atoms with van der Waals surface area (Å²) in [5.74, 6) is -0.295. The molecule has 25 heavy (non-hydrogen) atoms. The van der Waals surface area contributed by atoms with E-state index in [-0.39, 0.29) is 22.0 Å². The van der Waals surface area contributed by atoms with Gasteiger partial charge in [-0.3, -0.25) is 9.79 Å². The number of aliphatic imine (C=N–C) groups is 1. The zero-order valence-corrected chi connectivity index (χ0v) is 14.0. The number of sulfonamides is 1. The van der Waals surface area contributed by atoms with E-state index >= 15 is 0 Å². The number of Topliss-reactive ketones (excluding diaryl/α,β-unsaturated/α-hetero) is 1. The van der Waals surface area contributed by atoms with Crippen LogP contribution in [0.4, 0.5) is 0 Å². The highest BCUT2D eigenvalue weighted by molar-refractivity contribution is 7.89. The van der Waals surface area contributed by atoms with Crippen LogP contribution >= 0.6 is 0 Å². The van der Waals surface area contributed by atoms with E-state index in [1.54, 1.807) is 36.4 Å². The minimum atomic E-state index is -3.70. The first-order valence-corrected chi connectivity index (χ1v) is 9.11. The third-order valence-electron chi connectivity index (χ3n) is 3.93. The van der Waals surface area contributed by atoms with Crippen molar-refractivity contribution in [2.45, 2.75) is 11.3 Å². The second kappa shape index (κ2) is 6.62. The standard InChI is InChI=1S/C18H16N2O4S/c19-25(23,24)13-7-5-12(6-8-13)9-10-20-11-16-17(21)14-3-1-2-4-15(14)18(16)22/h1-8,11,21H,9-10H2,(H2,19,23,24). The van der Waals surface area contributed by atoms with Gasteiger partial charge >= 0.3 is 0 Å². The maximum Gasteiger partial charge on any atom is 0.238 e. The first kappa shape index (κ1) is 17.1. The predicted molar refractivity (Wildman–Crippen MR) is 95.2 cm³/mol. The molecule has 3 rings (SSSR count). The quantitative estimate of drug-likeness (QED) is 0.800. The molecule has 0 heterocycles. The number of carbonyl (C=O) groups excluding carboxylic acids is 1. The molecule has 0 radical (unpaired) electrons. The Hall–Kier alpha value is -2.77. The summed E-state index contributed by atoms with van der Waals surface area (Å²) < 4.78 is 22.4. The number of allylic oxidation sites excluding steroid dienone is 1. The van der Waals surface area contributed by atoms with Gasteiger partial charge in [0.25, 0.3) is 0 Å². The Bertz CT molecular complexity index is 990. The highest BCUT2D eigenvalue weighted by Crippen LogP contribution is 2.29. The van der Waals surface area contributed by atoms with E-state index in [1.807, 2.05) is 0 Å². The summed E-state index contributed by atoms with van der Waals surface area (Å²) in [6.07, 6.45) is 1.95. The fourth-order valence-corrected chi connectivity index (χ4v) is 3.12. The molecule has 0 saturated heterocycles. The highest BCUT2D eigenvalue weighted by Gasteiger charge is 2.27. The first-order valence-electron chi connectivity index (χ1n) is 7.57. The third-order valence-corrected chi connectivity index (χ3v) is 4.86. The van der Waals surface area contributed by atoms with Crippen molar-refractivity contribution in [3.8, 4) is 0 Å². The lowest BCUT2D eigenvalue weighted by atomic mass is 10.1. The number of rotatable bonds is 5. The van der Waals surface area contributed by atoms with Gasteiger partial charge in [0, 0.05) is 23.9 Å². The maximum absolute atomic E-state index is 12.2. The lowest BCUT2D eigenvalue weighted by Gasteiger charge is -2.01. The van der Waals surface area contributed by atoms with E-state index < -0.39 is 10.0 Å². The fourth-order valence-electron chi connectivity index (χ4n) is 2.60. The minimum Gasteiger partial charge on any atom is -0.506 e. The van der Waals surface area contributed by atoms with E-state index in [4.69, 9.17) is 5.14 Å². The number of nitrogens with zero attached hydrogens (tertiary/aromatic N) is 1. The number of benzene rings is 2. The smallest absolute Gasteiger partial charge is 0.238 e. The van der Waals surface area contributed by atoms with Gasteiger partial charge in [0.15, 0.2) is 5.78 Å². The summed E-state index contributed by atoms with van der Waals surface area (Å²) in [6, 6.07) is 13.1. The molecule has 0 amide bonds. The molecule has 1 aliphatic carbocycles. The molecule has 7 heteroatoms. The van der Waals surface area contributed by atoms with Crippen molar-refractivity contribution < 1.29 is 18.3 Å². The van der Waals surface area contributed by atoms with Gasteiger partial charge in [0.05, 0.1) is 10.5 Å². The number of hydrogen-bond acceptors (Lipinski definition) is 5. The van der Waals surface area contributed by atoms with E-state index in [2.05, 4.69) is 4.99 Å². The number of aliphatic hydroxyl groups excluding tert-OH is 1. The minimum absolute atomic E-state index is 0.0538. The molecule has 0 unspecified atom stereocenters. The van der Waals surface area contributed by atoms with Gasteiger partial charge in [0.1, 0.15) is 5.76 Å². The molecule has 6 nitrogen and oxygen atoms in total. The number of aliphatic hydroxyl groups is 1. The van der Waals surface area contributed by atoms with Crippen molar-refractivity contribution in [3.05, 3.63) is 70.8 Å². The SMILES string of the molecule is NS(=O)(=O)c1ccc(CCN=CC2=C(O)c3ccccc3C2=O)cc1. The van der Waals surface area contributed by atoms with Crippen LogP contribution in [0.1, 0.15) is 21.5 Å². The van der Waals surface area contributed by atoms with E-state index in [0.29, 0.717) is 24.1 Å². The van der Waals surface area contributed by atoms with Gasteiger partial charge in [-0.1, -0.05) is 36.4 Å². The van der Waals surface area contributed by atoms with Crippen LogP contribution in [-0.2, 0) is 16.4 Å². The van der Waals surface area contributed by atoms with Crippen LogP contribution in [0.5, 0.6) is 0 Å². The number of fused-ring (bicyclic) bond motifs is 1. The number of carbonyl (C=O) groups is 1. The molecule has 1 aliphatic rings. The number of ketones is 1. The Labute approximate surface area is 145 Å². The second-order valence-corrected chi connectivity index (χ2v) is 7.17. The van der Waals surface area contributed by atoms with Gasteiger partial charge in [-0.2, -0.15) is 0 Å². The van der Waals surface area contributed by atoms with Crippen molar-refractivity contribution in [2.24, 2.45) is 10.1 Å². The second-order valence-electron chi connectivity index (χ2n) is 5.61. The Morgan fingerprint density at radius 2 is 1.68 bits per heavy atom. The molecular formula is C18H16N2O4S. The van der Waals surface area contributed by atoms with E-state index in [0.717, 1.165) is 5.56 Å². The topological polar surface area (TPSA) is 110 Å². The molecule has 0 spiro atoms. The van der Waals surface area contributed by atoms with E-state index in [1.165, 1.54) is 18.3 Å². The Balaban J connectivity index is 1.65. The molecular weight excluding hydrogens is 340 g/mol. The lowest BCUT2D eigenvalue weighted by molar-refractivity contribution is 0.104. The molecule has 0 fully saturated rings. The summed E-state index contributed by atoms with van der Waals surface area (Å²) in [4.78, 5) is 16.5. The Kier molecular flexibility index (Phi) is 4.52. The number of primary sulfonamides is 1. The van der Waals surface area contributed by atoms with Gasteiger partial charge in [0.2, 0.25) is 10.0 Å². The summed E-state index contributed by atoms with van der Waals surface area (Å²) in [5.41, 5.74) is 2.07. The number of nitrogens with two attached hydrogens (primary N) is 1. The normalized spacial score (nSPS) is 14.4. The summed E-state index contributed by atoms with van der Waals surface area (Å²) in [5, 5.41) is 15.2. The van der Waals surface area contributed by atoms with Crippen molar-refractivity contribution in [1.29, 1.82) is 0 Å². The van der Waals surface area contributed by atoms with Gasteiger partial charge in [-0.15, -0.1) is 0 Å². The van der Waals surface area contributed by atoms with Crippen LogP contribution in [0.15, 0.2) is 64.0 Å². The zero-order valence-electron chi connectivity index (χ0n) is 13.2. The molecule has 0 bridgehead atoms. The van der Waals surface area contributed by atoms with Crippen LogP contribution in [0.2, 0.25) is 0 Å².